The fraction of sp³-hybridized carbons (Fsp3) is 0.308. The largest absolute Gasteiger partial charge is 0.383 e. The van der Waals surface area contributed by atoms with Crippen molar-refractivity contribution in [2.45, 2.75) is 0 Å². The average molecular weight is 261 g/mol. The molecule has 6 heteroatoms. The lowest BCUT2D eigenvalue weighted by atomic mass is 10.1. The van der Waals surface area contributed by atoms with E-state index in [1.54, 1.807) is 38.4 Å². The number of hydrogen-bond donors (Lipinski definition) is 1. The van der Waals surface area contributed by atoms with Crippen LogP contribution in [0.3, 0.4) is 0 Å². The first-order valence-electron chi connectivity index (χ1n) is 5.87. The summed E-state index contributed by atoms with van der Waals surface area (Å²) in [6.45, 7) is 0.911. The number of carbonyl (C=O) groups is 1. The van der Waals surface area contributed by atoms with Gasteiger partial charge in [-0.05, 0) is 6.07 Å². The Balaban J connectivity index is 2.43. The van der Waals surface area contributed by atoms with Crippen molar-refractivity contribution in [1.29, 1.82) is 0 Å². The van der Waals surface area contributed by atoms with Gasteiger partial charge in [0.25, 0.3) is 11.5 Å². The van der Waals surface area contributed by atoms with Gasteiger partial charge in [-0.25, -0.2) is 5.10 Å². The van der Waals surface area contributed by atoms with Gasteiger partial charge in [-0.15, -0.1) is 0 Å². The van der Waals surface area contributed by atoms with E-state index in [2.05, 4.69) is 10.2 Å². The van der Waals surface area contributed by atoms with Crippen LogP contribution in [0.5, 0.6) is 0 Å². The molecule has 1 N–H and O–H groups in total. The van der Waals surface area contributed by atoms with Crippen LogP contribution in [0.2, 0.25) is 0 Å². The number of methoxy groups -OCH3 is 1. The molecule has 1 heterocycles. The minimum atomic E-state index is -0.299. The molecule has 0 spiro atoms. The highest BCUT2D eigenvalue weighted by molar-refractivity contribution is 6.04. The van der Waals surface area contributed by atoms with Gasteiger partial charge in [0.1, 0.15) is 0 Å². The van der Waals surface area contributed by atoms with Gasteiger partial charge in [-0.1, -0.05) is 18.2 Å². The summed E-state index contributed by atoms with van der Waals surface area (Å²) in [6.07, 6.45) is 0. The number of benzene rings is 1. The summed E-state index contributed by atoms with van der Waals surface area (Å²) in [5, 5.41) is 7.23. The Kier molecular flexibility index (Phi) is 3.91. The maximum absolute atomic E-state index is 12.3. The fourth-order valence-corrected chi connectivity index (χ4v) is 1.79. The molecule has 0 aliphatic heterocycles. The van der Waals surface area contributed by atoms with E-state index in [0.29, 0.717) is 23.9 Å². The highest BCUT2D eigenvalue weighted by Gasteiger charge is 2.17. The van der Waals surface area contributed by atoms with Crippen LogP contribution in [0.4, 0.5) is 0 Å². The van der Waals surface area contributed by atoms with E-state index >= 15 is 0 Å². The Morgan fingerprint density at radius 1 is 1.37 bits per heavy atom. The number of nitrogens with one attached hydrogen (secondary N) is 1. The van der Waals surface area contributed by atoms with E-state index in [4.69, 9.17) is 4.74 Å². The topological polar surface area (TPSA) is 75.3 Å². The summed E-state index contributed by atoms with van der Waals surface area (Å²) in [4.78, 5) is 25.4. The van der Waals surface area contributed by atoms with Crippen LogP contribution < -0.4 is 5.56 Å². The first-order chi connectivity index (χ1) is 9.15. The molecule has 19 heavy (non-hydrogen) atoms. The summed E-state index contributed by atoms with van der Waals surface area (Å²) in [6, 6.07) is 6.91. The second-order valence-corrected chi connectivity index (χ2v) is 4.17. The number of hydrogen-bond acceptors (Lipinski definition) is 4. The molecule has 6 nitrogen and oxygen atoms in total. The van der Waals surface area contributed by atoms with Crippen molar-refractivity contribution in [2.75, 3.05) is 27.3 Å². The van der Waals surface area contributed by atoms with Crippen molar-refractivity contribution < 1.29 is 9.53 Å². The maximum atomic E-state index is 12.3. The number of rotatable bonds is 4. The first-order valence-corrected chi connectivity index (χ1v) is 5.87. The van der Waals surface area contributed by atoms with Crippen molar-refractivity contribution in [2.24, 2.45) is 0 Å². The van der Waals surface area contributed by atoms with Gasteiger partial charge in [-0.2, -0.15) is 5.10 Å². The third kappa shape index (κ3) is 2.63. The van der Waals surface area contributed by atoms with Gasteiger partial charge in [0.2, 0.25) is 0 Å². The molecule has 0 atom stereocenters. The van der Waals surface area contributed by atoms with Crippen molar-refractivity contribution >= 4 is 16.7 Å². The lowest BCUT2D eigenvalue weighted by Crippen LogP contribution is -2.31. The Morgan fingerprint density at radius 2 is 2.05 bits per heavy atom. The number of likely N-dealkylation sites (N-methyl/N-ethyl adjacent to an activating group) is 1. The van der Waals surface area contributed by atoms with E-state index in [1.165, 1.54) is 4.90 Å². The second kappa shape index (κ2) is 5.62. The predicted octanol–water partition coefficient (Wildman–Crippen LogP) is 0.641. The van der Waals surface area contributed by atoms with Gasteiger partial charge in [-0.3, -0.25) is 9.59 Å². The lowest BCUT2D eigenvalue weighted by Gasteiger charge is -2.16. The van der Waals surface area contributed by atoms with E-state index < -0.39 is 0 Å². The molecule has 0 aliphatic rings. The van der Waals surface area contributed by atoms with Crippen LogP contribution >= 0.6 is 0 Å². The van der Waals surface area contributed by atoms with Gasteiger partial charge < -0.3 is 9.64 Å². The number of aromatic nitrogens is 2. The number of ether oxygens (including phenoxy) is 1. The molecule has 2 rings (SSSR count). The van der Waals surface area contributed by atoms with Gasteiger partial charge in [0.05, 0.1) is 12.0 Å². The van der Waals surface area contributed by atoms with Crippen molar-refractivity contribution in [3.63, 3.8) is 0 Å². The third-order valence-electron chi connectivity index (χ3n) is 2.88. The maximum Gasteiger partial charge on any atom is 0.274 e. The van der Waals surface area contributed by atoms with Gasteiger partial charge in [0, 0.05) is 26.1 Å². The molecule has 100 valence electrons. The monoisotopic (exact) mass is 261 g/mol. The number of amides is 1. The molecule has 0 aliphatic carbocycles. The van der Waals surface area contributed by atoms with Crippen LogP contribution in [0.25, 0.3) is 10.8 Å². The van der Waals surface area contributed by atoms with Crippen LogP contribution in [0, 0.1) is 0 Å². The number of aromatic amines is 1. The highest BCUT2D eigenvalue weighted by atomic mass is 16.5. The van der Waals surface area contributed by atoms with E-state index in [9.17, 15) is 9.59 Å². The Morgan fingerprint density at radius 3 is 2.74 bits per heavy atom. The smallest absolute Gasteiger partial charge is 0.274 e. The van der Waals surface area contributed by atoms with Crippen LogP contribution in [0.15, 0.2) is 29.1 Å². The summed E-state index contributed by atoms with van der Waals surface area (Å²) >= 11 is 0. The number of H-pyrrole nitrogens is 1. The molecule has 0 saturated heterocycles. The molecular weight excluding hydrogens is 246 g/mol. The summed E-state index contributed by atoms with van der Waals surface area (Å²) in [5.41, 5.74) is -0.0551. The molecule has 1 aromatic heterocycles. The number of fused-ring (bicyclic) bond motifs is 1. The molecular formula is C13H15N3O3. The number of carbonyl (C=O) groups excluding carboxylic acids is 1. The van der Waals surface area contributed by atoms with Crippen molar-refractivity contribution in [1.82, 2.24) is 15.1 Å². The van der Waals surface area contributed by atoms with E-state index in [0.717, 1.165) is 0 Å². The second-order valence-electron chi connectivity index (χ2n) is 4.17. The molecule has 0 unspecified atom stereocenters. The normalized spacial score (nSPS) is 10.6. The van der Waals surface area contributed by atoms with Gasteiger partial charge >= 0.3 is 0 Å². The molecule has 2 aromatic rings. The van der Waals surface area contributed by atoms with E-state index in [1.807, 2.05) is 0 Å². The molecule has 0 bridgehead atoms. The standard InChI is InChI=1S/C13H15N3O3/c1-16(7-8-19-2)13(18)11-9-5-3-4-6-10(9)12(17)15-14-11/h3-6H,7-8H2,1-2H3,(H,15,17). The van der Waals surface area contributed by atoms with Crippen molar-refractivity contribution in [3.8, 4) is 0 Å². The van der Waals surface area contributed by atoms with Gasteiger partial charge in [0.15, 0.2) is 5.69 Å². The zero-order chi connectivity index (χ0) is 13.8. The highest BCUT2D eigenvalue weighted by Crippen LogP contribution is 2.13. The zero-order valence-electron chi connectivity index (χ0n) is 10.8. The SMILES string of the molecule is COCCN(C)C(=O)c1n[nH]c(=O)c2ccccc12. The molecule has 0 radical (unpaired) electrons. The van der Waals surface area contributed by atoms with Crippen LogP contribution in [0.1, 0.15) is 10.5 Å². The minimum Gasteiger partial charge on any atom is -0.383 e. The lowest BCUT2D eigenvalue weighted by molar-refractivity contribution is 0.0739. The summed E-state index contributed by atoms with van der Waals surface area (Å²) < 4.78 is 4.93. The molecule has 1 aromatic carbocycles. The van der Waals surface area contributed by atoms with Crippen LogP contribution in [-0.2, 0) is 4.74 Å². The van der Waals surface area contributed by atoms with Crippen LogP contribution in [-0.4, -0.2) is 48.3 Å². The Labute approximate surface area is 110 Å². The average Bonchev–Trinajstić information content (AvgIpc) is 2.45. The number of nitrogens with zero attached hydrogens (tertiary/aromatic N) is 2. The minimum absolute atomic E-state index is 0.244. The predicted molar refractivity (Wildman–Crippen MR) is 71.2 cm³/mol. The fourth-order valence-electron chi connectivity index (χ4n) is 1.79. The Hall–Kier alpha value is -2.21. The molecule has 0 fully saturated rings. The molecule has 0 saturated carbocycles. The third-order valence-corrected chi connectivity index (χ3v) is 2.88. The Bertz CT molecular complexity index is 651. The molecule has 1 amide bonds. The van der Waals surface area contributed by atoms with Crippen molar-refractivity contribution in [3.05, 3.63) is 40.3 Å². The quantitative estimate of drug-likeness (QED) is 0.876. The summed E-state index contributed by atoms with van der Waals surface area (Å²) in [7, 11) is 3.24. The zero-order valence-corrected chi connectivity index (χ0v) is 10.8. The summed E-state index contributed by atoms with van der Waals surface area (Å²) in [5.74, 6) is -0.246. The first kappa shape index (κ1) is 13.2. The van der Waals surface area contributed by atoms with E-state index in [-0.39, 0.29) is 17.2 Å².